The summed E-state index contributed by atoms with van der Waals surface area (Å²) in [6, 6.07) is 11.9. The minimum Gasteiger partial charge on any atom is -0.351 e. The molecule has 1 N–H and O–H groups in total. The van der Waals surface area contributed by atoms with Crippen molar-refractivity contribution in [1.82, 2.24) is 15.0 Å². The number of amides is 1. The van der Waals surface area contributed by atoms with Gasteiger partial charge in [0.15, 0.2) is 0 Å². The first-order valence-corrected chi connectivity index (χ1v) is 6.57. The topological polar surface area (TPSA) is 60.1 Å². The van der Waals surface area contributed by atoms with Crippen LogP contribution in [0.1, 0.15) is 17.0 Å². The van der Waals surface area contributed by atoms with Crippen LogP contribution in [0, 0.1) is 0 Å². The Bertz CT molecular complexity index is 701. The number of hydrogen-bond donors (Lipinski definition) is 1. The molecule has 0 unspecified atom stereocenters. The Kier molecular flexibility index (Phi) is 3.50. The van der Waals surface area contributed by atoms with Crippen molar-refractivity contribution in [2.75, 3.05) is 6.54 Å². The zero-order valence-corrected chi connectivity index (χ0v) is 11.0. The quantitative estimate of drug-likeness (QED) is 0.724. The number of nitrogens with zero attached hydrogens (tertiary/aromatic N) is 2. The zero-order valence-electron chi connectivity index (χ0n) is 11.0. The average Bonchev–Trinajstić information content (AvgIpc) is 3.13. The summed E-state index contributed by atoms with van der Waals surface area (Å²) < 4.78 is 6.98. The molecule has 5 nitrogen and oxygen atoms in total. The van der Waals surface area contributed by atoms with Gasteiger partial charge in [0, 0.05) is 30.9 Å². The number of carbonyl (C=O) groups excluding carboxylic acids is 1. The summed E-state index contributed by atoms with van der Waals surface area (Å²) in [6.45, 7) is 1.47. The van der Waals surface area contributed by atoms with Gasteiger partial charge in [-0.1, -0.05) is 23.4 Å². The SMILES string of the molecule is O=C(NCCCn1ccc2ccccc21)c1ccno1. The molecule has 3 rings (SSSR count). The number of carbonyl (C=O) groups is 1. The molecule has 0 saturated carbocycles. The van der Waals surface area contributed by atoms with Gasteiger partial charge in [-0.2, -0.15) is 0 Å². The second-order valence-corrected chi connectivity index (χ2v) is 4.55. The van der Waals surface area contributed by atoms with Crippen LogP contribution in [0.2, 0.25) is 0 Å². The summed E-state index contributed by atoms with van der Waals surface area (Å²) in [5.74, 6) is 0.0243. The number of nitrogens with one attached hydrogen (secondary N) is 1. The van der Waals surface area contributed by atoms with Crippen LogP contribution >= 0.6 is 0 Å². The first-order chi connectivity index (χ1) is 9.84. The van der Waals surface area contributed by atoms with Crippen molar-refractivity contribution in [3.8, 4) is 0 Å². The molecule has 1 amide bonds. The molecule has 0 bridgehead atoms. The van der Waals surface area contributed by atoms with Crippen LogP contribution in [0.4, 0.5) is 0 Å². The van der Waals surface area contributed by atoms with Gasteiger partial charge in [-0.15, -0.1) is 0 Å². The molecular weight excluding hydrogens is 254 g/mol. The Balaban J connectivity index is 1.52. The predicted molar refractivity (Wildman–Crippen MR) is 75.4 cm³/mol. The first kappa shape index (κ1) is 12.5. The summed E-state index contributed by atoms with van der Waals surface area (Å²) in [5.41, 5.74) is 1.22. The minimum absolute atomic E-state index is 0.222. The monoisotopic (exact) mass is 269 g/mol. The van der Waals surface area contributed by atoms with Crippen molar-refractivity contribution < 1.29 is 9.32 Å². The Morgan fingerprint density at radius 2 is 2.15 bits per heavy atom. The second kappa shape index (κ2) is 5.61. The van der Waals surface area contributed by atoms with Gasteiger partial charge in [-0.25, -0.2) is 0 Å². The molecule has 0 saturated heterocycles. The molecule has 0 aliphatic rings. The lowest BCUT2D eigenvalue weighted by Gasteiger charge is -2.06. The van der Waals surface area contributed by atoms with E-state index in [-0.39, 0.29) is 11.7 Å². The third-order valence-electron chi connectivity index (χ3n) is 3.20. The van der Waals surface area contributed by atoms with Gasteiger partial charge in [0.25, 0.3) is 5.91 Å². The molecule has 20 heavy (non-hydrogen) atoms. The number of aromatic nitrogens is 2. The highest BCUT2D eigenvalue weighted by Gasteiger charge is 2.08. The fourth-order valence-electron chi connectivity index (χ4n) is 2.21. The Morgan fingerprint density at radius 3 is 3.00 bits per heavy atom. The summed E-state index contributed by atoms with van der Waals surface area (Å²) in [4.78, 5) is 11.6. The van der Waals surface area contributed by atoms with Crippen molar-refractivity contribution in [1.29, 1.82) is 0 Å². The van der Waals surface area contributed by atoms with Gasteiger partial charge < -0.3 is 14.4 Å². The summed E-state index contributed by atoms with van der Waals surface area (Å²) in [5, 5.41) is 7.55. The van der Waals surface area contributed by atoms with Crippen LogP contribution in [0.15, 0.2) is 53.3 Å². The lowest BCUT2D eigenvalue weighted by molar-refractivity contribution is 0.0916. The maximum atomic E-state index is 11.6. The minimum atomic E-state index is -0.222. The van der Waals surface area contributed by atoms with Gasteiger partial charge in [0.1, 0.15) is 0 Å². The zero-order chi connectivity index (χ0) is 13.8. The molecule has 0 aliphatic heterocycles. The van der Waals surface area contributed by atoms with Crippen molar-refractivity contribution in [2.45, 2.75) is 13.0 Å². The molecule has 2 heterocycles. The summed E-state index contributed by atoms with van der Waals surface area (Å²) in [6.07, 6.45) is 4.39. The number of benzene rings is 1. The van der Waals surface area contributed by atoms with E-state index in [0.717, 1.165) is 13.0 Å². The molecular formula is C15H15N3O2. The highest BCUT2D eigenvalue weighted by atomic mass is 16.5. The highest BCUT2D eigenvalue weighted by Crippen LogP contribution is 2.15. The lowest BCUT2D eigenvalue weighted by Crippen LogP contribution is -2.24. The smallest absolute Gasteiger partial charge is 0.289 e. The Labute approximate surface area is 116 Å². The van der Waals surface area contributed by atoms with Crippen molar-refractivity contribution >= 4 is 16.8 Å². The van der Waals surface area contributed by atoms with E-state index in [1.165, 1.54) is 17.1 Å². The molecule has 5 heteroatoms. The molecule has 0 radical (unpaired) electrons. The lowest BCUT2D eigenvalue weighted by atomic mass is 10.2. The van der Waals surface area contributed by atoms with Crippen LogP contribution in [-0.2, 0) is 6.54 Å². The van der Waals surface area contributed by atoms with Crippen molar-refractivity contribution in [3.05, 3.63) is 54.6 Å². The van der Waals surface area contributed by atoms with E-state index < -0.39 is 0 Å². The van der Waals surface area contributed by atoms with Crippen molar-refractivity contribution in [3.63, 3.8) is 0 Å². The molecule has 3 aromatic rings. The summed E-state index contributed by atoms with van der Waals surface area (Å²) in [7, 11) is 0. The highest BCUT2D eigenvalue weighted by molar-refractivity contribution is 5.91. The number of hydrogen-bond acceptors (Lipinski definition) is 3. The third-order valence-corrected chi connectivity index (χ3v) is 3.20. The molecule has 0 aliphatic carbocycles. The molecule has 0 spiro atoms. The number of rotatable bonds is 5. The van der Waals surface area contributed by atoms with Crippen LogP contribution in [0.5, 0.6) is 0 Å². The van der Waals surface area contributed by atoms with Gasteiger partial charge in [-0.3, -0.25) is 4.79 Å². The molecule has 102 valence electrons. The van der Waals surface area contributed by atoms with E-state index in [0.29, 0.717) is 6.54 Å². The Morgan fingerprint density at radius 1 is 1.25 bits per heavy atom. The van der Waals surface area contributed by atoms with Crippen molar-refractivity contribution in [2.24, 2.45) is 0 Å². The first-order valence-electron chi connectivity index (χ1n) is 6.57. The largest absolute Gasteiger partial charge is 0.351 e. The maximum absolute atomic E-state index is 11.6. The fourth-order valence-corrected chi connectivity index (χ4v) is 2.21. The molecule has 0 atom stereocenters. The van der Waals surface area contributed by atoms with Crippen LogP contribution in [-0.4, -0.2) is 22.2 Å². The number of aryl methyl sites for hydroxylation is 1. The third kappa shape index (κ3) is 2.56. The number of fused-ring (bicyclic) bond motifs is 1. The van der Waals surface area contributed by atoms with Gasteiger partial charge in [0.05, 0.1) is 6.20 Å². The van der Waals surface area contributed by atoms with Crippen LogP contribution in [0.3, 0.4) is 0 Å². The van der Waals surface area contributed by atoms with Gasteiger partial charge in [0.2, 0.25) is 5.76 Å². The van der Waals surface area contributed by atoms with Gasteiger partial charge in [-0.05, 0) is 23.9 Å². The predicted octanol–water partition coefficient (Wildman–Crippen LogP) is 2.45. The fraction of sp³-hybridized carbons (Fsp3) is 0.200. The van der Waals surface area contributed by atoms with E-state index in [1.807, 2.05) is 12.1 Å². The van der Waals surface area contributed by atoms with E-state index in [2.05, 4.69) is 39.4 Å². The summed E-state index contributed by atoms with van der Waals surface area (Å²) >= 11 is 0. The van der Waals surface area contributed by atoms with Crippen LogP contribution in [0.25, 0.3) is 10.9 Å². The normalized spacial score (nSPS) is 10.8. The molecule has 1 aromatic carbocycles. The average molecular weight is 269 g/mol. The van der Waals surface area contributed by atoms with Gasteiger partial charge >= 0.3 is 0 Å². The van der Waals surface area contributed by atoms with E-state index >= 15 is 0 Å². The standard InChI is InChI=1S/C15H15N3O2/c19-15(14-6-9-17-20-14)16-8-3-10-18-11-7-12-4-1-2-5-13(12)18/h1-2,4-7,9,11H,3,8,10H2,(H,16,19). The number of para-hydroxylation sites is 1. The maximum Gasteiger partial charge on any atom is 0.289 e. The Hall–Kier alpha value is -2.56. The van der Waals surface area contributed by atoms with E-state index in [9.17, 15) is 4.79 Å². The second-order valence-electron chi connectivity index (χ2n) is 4.55. The van der Waals surface area contributed by atoms with E-state index in [4.69, 9.17) is 4.52 Å². The molecule has 2 aromatic heterocycles. The molecule has 0 fully saturated rings. The van der Waals surface area contributed by atoms with Crippen LogP contribution < -0.4 is 5.32 Å². The van der Waals surface area contributed by atoms with E-state index in [1.54, 1.807) is 6.07 Å².